The second-order valence-corrected chi connectivity index (χ2v) is 2.97. The van der Waals surface area contributed by atoms with E-state index in [2.05, 4.69) is 5.32 Å². The van der Waals surface area contributed by atoms with Crippen molar-refractivity contribution in [2.45, 2.75) is 37.7 Å². The Kier molecular flexibility index (Phi) is 2.84. The molecule has 1 aliphatic heterocycles. The van der Waals surface area contributed by atoms with Gasteiger partial charge in [0.05, 0.1) is 12.2 Å². The summed E-state index contributed by atoms with van der Waals surface area (Å²) in [6, 6.07) is -0.0894. The summed E-state index contributed by atoms with van der Waals surface area (Å²) in [6.45, 7) is 2.28. The van der Waals surface area contributed by atoms with Crippen molar-refractivity contribution in [3.8, 4) is 0 Å². The predicted octanol–water partition coefficient (Wildman–Crippen LogP) is -1.55. The van der Waals surface area contributed by atoms with Crippen molar-refractivity contribution < 1.29 is 15.3 Å². The van der Waals surface area contributed by atoms with E-state index in [4.69, 9.17) is 5.11 Å². The van der Waals surface area contributed by atoms with Crippen molar-refractivity contribution in [3.63, 3.8) is 0 Å². The molecule has 0 aromatic rings. The summed E-state index contributed by atoms with van der Waals surface area (Å²) < 4.78 is 0. The molecule has 4 atom stereocenters. The number of piperidine rings is 1. The van der Waals surface area contributed by atoms with Gasteiger partial charge in [0.1, 0.15) is 6.10 Å². The minimum absolute atomic E-state index is 0.0894. The van der Waals surface area contributed by atoms with Crippen molar-refractivity contribution in [1.29, 1.82) is 0 Å². The van der Waals surface area contributed by atoms with Crippen LogP contribution in [0.15, 0.2) is 0 Å². The molecule has 4 N–H and O–H groups in total. The fraction of sp³-hybridized carbons (Fsp3) is 1.00. The highest BCUT2D eigenvalue weighted by atomic mass is 16.4. The van der Waals surface area contributed by atoms with E-state index in [1.165, 1.54) is 0 Å². The van der Waals surface area contributed by atoms with Crippen LogP contribution in [-0.2, 0) is 0 Å². The smallest absolute Gasteiger partial charge is 0.108 e. The summed E-state index contributed by atoms with van der Waals surface area (Å²) >= 11 is 0. The lowest BCUT2D eigenvalue weighted by Crippen LogP contribution is -2.59. The Morgan fingerprint density at radius 3 is 2.45 bits per heavy atom. The topological polar surface area (TPSA) is 72.7 Å². The Bertz CT molecular complexity index is 129. The van der Waals surface area contributed by atoms with Crippen molar-refractivity contribution in [1.82, 2.24) is 5.32 Å². The van der Waals surface area contributed by atoms with Gasteiger partial charge >= 0.3 is 0 Å². The molecule has 0 amide bonds. The van der Waals surface area contributed by atoms with E-state index in [-0.39, 0.29) is 6.04 Å². The Labute approximate surface area is 65.9 Å². The third kappa shape index (κ3) is 1.70. The number of rotatable bonds is 1. The van der Waals surface area contributed by atoms with Gasteiger partial charge < -0.3 is 20.6 Å². The second kappa shape index (κ2) is 3.49. The van der Waals surface area contributed by atoms with Gasteiger partial charge in [0.15, 0.2) is 0 Å². The van der Waals surface area contributed by atoms with Gasteiger partial charge in [-0.2, -0.15) is 0 Å². The van der Waals surface area contributed by atoms with E-state index in [1.54, 1.807) is 0 Å². The molecule has 66 valence electrons. The van der Waals surface area contributed by atoms with E-state index in [1.807, 2.05) is 6.92 Å². The Morgan fingerprint density at radius 1 is 1.27 bits per heavy atom. The first-order valence-electron chi connectivity index (χ1n) is 3.94. The first kappa shape index (κ1) is 8.93. The molecule has 0 unspecified atom stereocenters. The zero-order chi connectivity index (χ0) is 8.43. The molecule has 0 bridgehead atoms. The number of aliphatic hydroxyl groups excluding tert-OH is 3. The summed E-state index contributed by atoms with van der Waals surface area (Å²) in [5, 5.41) is 30.6. The minimum atomic E-state index is -0.999. The number of aliphatic hydroxyl groups is 3. The first-order valence-corrected chi connectivity index (χ1v) is 3.94. The Hall–Kier alpha value is -0.160. The van der Waals surface area contributed by atoms with Crippen LogP contribution in [0, 0.1) is 0 Å². The van der Waals surface area contributed by atoms with Gasteiger partial charge in [-0.05, 0) is 6.42 Å². The summed E-state index contributed by atoms with van der Waals surface area (Å²) in [5.41, 5.74) is 0. The predicted molar refractivity (Wildman–Crippen MR) is 40.1 cm³/mol. The molecular weight excluding hydrogens is 146 g/mol. The monoisotopic (exact) mass is 161 g/mol. The van der Waals surface area contributed by atoms with Crippen molar-refractivity contribution in [2.75, 3.05) is 6.54 Å². The minimum Gasteiger partial charge on any atom is -0.389 e. The van der Waals surface area contributed by atoms with Crippen LogP contribution in [0.25, 0.3) is 0 Å². The lowest BCUT2D eigenvalue weighted by atomic mass is 9.95. The van der Waals surface area contributed by atoms with Gasteiger partial charge in [0.25, 0.3) is 0 Å². The Balaban J connectivity index is 2.52. The fourth-order valence-electron chi connectivity index (χ4n) is 1.37. The average Bonchev–Trinajstić information content (AvgIpc) is 2.01. The maximum absolute atomic E-state index is 9.34. The highest BCUT2D eigenvalue weighted by Crippen LogP contribution is 2.12. The summed E-state index contributed by atoms with van der Waals surface area (Å²) in [7, 11) is 0. The Morgan fingerprint density at radius 2 is 1.91 bits per heavy atom. The highest BCUT2D eigenvalue weighted by Gasteiger charge is 2.34. The van der Waals surface area contributed by atoms with Crippen molar-refractivity contribution in [3.05, 3.63) is 0 Å². The lowest BCUT2D eigenvalue weighted by Gasteiger charge is -2.35. The normalized spacial score (nSPS) is 45.8. The third-order valence-corrected chi connectivity index (χ3v) is 2.19. The van der Waals surface area contributed by atoms with Crippen LogP contribution in [0.2, 0.25) is 0 Å². The molecule has 0 saturated carbocycles. The average molecular weight is 161 g/mol. The third-order valence-electron chi connectivity index (χ3n) is 2.19. The van der Waals surface area contributed by atoms with Gasteiger partial charge in [-0.15, -0.1) is 0 Å². The quantitative estimate of drug-likeness (QED) is 0.376. The van der Waals surface area contributed by atoms with Crippen LogP contribution >= 0.6 is 0 Å². The zero-order valence-corrected chi connectivity index (χ0v) is 6.57. The SMILES string of the molecule is CC[C@H]1NC[C@@H](O)[C@H](O)[C@H]1O. The summed E-state index contributed by atoms with van der Waals surface area (Å²) in [4.78, 5) is 0. The van der Waals surface area contributed by atoms with Gasteiger partial charge in [0, 0.05) is 12.6 Å². The van der Waals surface area contributed by atoms with Crippen LogP contribution in [0.5, 0.6) is 0 Å². The molecule has 0 aromatic heterocycles. The van der Waals surface area contributed by atoms with E-state index in [0.29, 0.717) is 6.54 Å². The fourth-order valence-corrected chi connectivity index (χ4v) is 1.37. The lowest BCUT2D eigenvalue weighted by molar-refractivity contribution is -0.0943. The molecule has 0 aromatic carbocycles. The molecule has 11 heavy (non-hydrogen) atoms. The molecule has 4 nitrogen and oxygen atoms in total. The molecule has 4 heteroatoms. The highest BCUT2D eigenvalue weighted by molar-refractivity contribution is 4.91. The van der Waals surface area contributed by atoms with E-state index < -0.39 is 18.3 Å². The largest absolute Gasteiger partial charge is 0.389 e. The number of hydrogen-bond acceptors (Lipinski definition) is 4. The van der Waals surface area contributed by atoms with Gasteiger partial charge in [-0.3, -0.25) is 0 Å². The second-order valence-electron chi connectivity index (χ2n) is 2.97. The molecule has 1 heterocycles. The molecule has 1 aliphatic rings. The molecule has 1 fully saturated rings. The maximum Gasteiger partial charge on any atom is 0.108 e. The molecule has 1 rings (SSSR count). The first-order chi connectivity index (χ1) is 5.16. The van der Waals surface area contributed by atoms with Gasteiger partial charge in [-0.1, -0.05) is 6.92 Å². The maximum atomic E-state index is 9.34. The number of β-amino-alcohol motifs (C(OH)–C–C–N with tert-alkyl or cyclic N) is 1. The van der Waals surface area contributed by atoms with Crippen LogP contribution < -0.4 is 5.32 Å². The summed E-state index contributed by atoms with van der Waals surface area (Å²) in [6.07, 6.45) is -1.93. The van der Waals surface area contributed by atoms with E-state index >= 15 is 0 Å². The molecule has 1 saturated heterocycles. The van der Waals surface area contributed by atoms with Gasteiger partial charge in [0.2, 0.25) is 0 Å². The molecule has 0 spiro atoms. The number of hydrogen-bond donors (Lipinski definition) is 4. The van der Waals surface area contributed by atoms with Crippen LogP contribution in [-0.4, -0.2) is 46.2 Å². The molecular formula is C7H15NO3. The number of nitrogens with one attached hydrogen (secondary N) is 1. The van der Waals surface area contributed by atoms with Gasteiger partial charge in [-0.25, -0.2) is 0 Å². The van der Waals surface area contributed by atoms with E-state index in [9.17, 15) is 10.2 Å². The van der Waals surface area contributed by atoms with Crippen molar-refractivity contribution >= 4 is 0 Å². The molecule has 0 radical (unpaired) electrons. The van der Waals surface area contributed by atoms with Crippen LogP contribution in [0.3, 0.4) is 0 Å². The van der Waals surface area contributed by atoms with Crippen LogP contribution in [0.1, 0.15) is 13.3 Å². The standard InChI is InChI=1S/C7H15NO3/c1-2-4-6(10)7(11)5(9)3-8-4/h4-11H,2-3H2,1H3/t4-,5-,6+,7+/m1/s1. The molecule has 0 aliphatic carbocycles. The zero-order valence-electron chi connectivity index (χ0n) is 6.57. The van der Waals surface area contributed by atoms with Crippen LogP contribution in [0.4, 0.5) is 0 Å². The summed E-state index contributed by atoms with van der Waals surface area (Å²) in [5.74, 6) is 0. The van der Waals surface area contributed by atoms with E-state index in [0.717, 1.165) is 6.42 Å². The van der Waals surface area contributed by atoms with Crippen molar-refractivity contribution in [2.24, 2.45) is 0 Å².